The van der Waals surface area contributed by atoms with Gasteiger partial charge >= 0.3 is 0 Å². The number of nitrogens with zero attached hydrogens (tertiary/aromatic N) is 2. The predicted molar refractivity (Wildman–Crippen MR) is 76.3 cm³/mol. The molecule has 0 atom stereocenters. The standard InChI is InChI=1S/C14H17N3S/c1-3-15-14-17-13(8-18-14)11-7-10-5-4-6-12(10)16-9(11)2/h7-8H,3-6H2,1-2H3,(H,15,17). The molecule has 1 aliphatic rings. The summed E-state index contributed by atoms with van der Waals surface area (Å²) >= 11 is 1.66. The van der Waals surface area contributed by atoms with Gasteiger partial charge in [-0.2, -0.15) is 0 Å². The molecule has 4 heteroatoms. The lowest BCUT2D eigenvalue weighted by atomic mass is 10.1. The number of hydrogen-bond donors (Lipinski definition) is 1. The molecule has 2 heterocycles. The van der Waals surface area contributed by atoms with E-state index in [9.17, 15) is 0 Å². The van der Waals surface area contributed by atoms with Crippen molar-refractivity contribution in [3.8, 4) is 11.3 Å². The normalized spacial score (nSPS) is 13.7. The van der Waals surface area contributed by atoms with Crippen LogP contribution in [0.3, 0.4) is 0 Å². The van der Waals surface area contributed by atoms with Crippen LogP contribution in [0.5, 0.6) is 0 Å². The van der Waals surface area contributed by atoms with Gasteiger partial charge in [0, 0.05) is 28.9 Å². The highest BCUT2D eigenvalue weighted by atomic mass is 32.1. The van der Waals surface area contributed by atoms with Gasteiger partial charge in [-0.05, 0) is 44.7 Å². The average molecular weight is 259 g/mol. The number of fused-ring (bicyclic) bond motifs is 1. The first kappa shape index (κ1) is 11.7. The van der Waals surface area contributed by atoms with Crippen molar-refractivity contribution in [2.75, 3.05) is 11.9 Å². The van der Waals surface area contributed by atoms with E-state index in [1.54, 1.807) is 11.3 Å². The van der Waals surface area contributed by atoms with Crippen molar-refractivity contribution in [3.05, 3.63) is 28.4 Å². The zero-order valence-electron chi connectivity index (χ0n) is 10.8. The Bertz CT molecular complexity index is 574. The maximum Gasteiger partial charge on any atom is 0.183 e. The second-order valence-corrected chi connectivity index (χ2v) is 5.51. The van der Waals surface area contributed by atoms with Crippen LogP contribution in [0, 0.1) is 6.92 Å². The Morgan fingerprint density at radius 3 is 3.06 bits per heavy atom. The smallest absolute Gasteiger partial charge is 0.183 e. The molecule has 2 aromatic rings. The molecule has 0 amide bonds. The highest BCUT2D eigenvalue weighted by Crippen LogP contribution is 2.30. The van der Waals surface area contributed by atoms with Gasteiger partial charge in [0.25, 0.3) is 0 Å². The van der Waals surface area contributed by atoms with E-state index in [0.29, 0.717) is 0 Å². The summed E-state index contributed by atoms with van der Waals surface area (Å²) in [6, 6.07) is 2.29. The van der Waals surface area contributed by atoms with E-state index in [0.717, 1.165) is 29.5 Å². The molecule has 2 aromatic heterocycles. The van der Waals surface area contributed by atoms with E-state index in [1.807, 2.05) is 0 Å². The van der Waals surface area contributed by atoms with E-state index in [2.05, 4.69) is 35.6 Å². The Morgan fingerprint density at radius 2 is 2.22 bits per heavy atom. The summed E-state index contributed by atoms with van der Waals surface area (Å²) in [6.07, 6.45) is 3.54. The molecule has 0 spiro atoms. The second-order valence-electron chi connectivity index (χ2n) is 4.65. The molecule has 0 aliphatic heterocycles. The van der Waals surface area contributed by atoms with Crippen molar-refractivity contribution in [1.29, 1.82) is 0 Å². The summed E-state index contributed by atoms with van der Waals surface area (Å²) in [5.74, 6) is 0. The molecule has 94 valence electrons. The summed E-state index contributed by atoms with van der Waals surface area (Å²) < 4.78 is 0. The Hall–Kier alpha value is -1.42. The third-order valence-corrected chi connectivity index (χ3v) is 4.15. The topological polar surface area (TPSA) is 37.8 Å². The van der Waals surface area contributed by atoms with E-state index < -0.39 is 0 Å². The number of rotatable bonds is 3. The quantitative estimate of drug-likeness (QED) is 0.917. The summed E-state index contributed by atoms with van der Waals surface area (Å²) in [6.45, 7) is 5.08. The summed E-state index contributed by atoms with van der Waals surface area (Å²) in [7, 11) is 0. The Kier molecular flexibility index (Phi) is 3.04. The number of anilines is 1. The third-order valence-electron chi connectivity index (χ3n) is 3.35. The maximum atomic E-state index is 4.73. The number of hydrogen-bond acceptors (Lipinski definition) is 4. The SMILES string of the molecule is CCNc1nc(-c2cc3c(nc2C)CCC3)cs1. The van der Waals surface area contributed by atoms with Gasteiger partial charge in [0.15, 0.2) is 5.13 Å². The second kappa shape index (κ2) is 4.69. The Morgan fingerprint density at radius 1 is 1.33 bits per heavy atom. The average Bonchev–Trinajstić information content (AvgIpc) is 2.96. The van der Waals surface area contributed by atoms with Crippen LogP contribution in [0.2, 0.25) is 0 Å². The van der Waals surface area contributed by atoms with Gasteiger partial charge in [0.1, 0.15) is 0 Å². The number of thiazole rings is 1. The van der Waals surface area contributed by atoms with Crippen LogP contribution in [0.1, 0.15) is 30.3 Å². The summed E-state index contributed by atoms with van der Waals surface area (Å²) in [5, 5.41) is 6.36. The van der Waals surface area contributed by atoms with E-state index in [-0.39, 0.29) is 0 Å². The van der Waals surface area contributed by atoms with E-state index >= 15 is 0 Å². The van der Waals surface area contributed by atoms with Crippen LogP contribution in [0.4, 0.5) is 5.13 Å². The molecule has 0 saturated heterocycles. The van der Waals surface area contributed by atoms with Crippen LogP contribution < -0.4 is 5.32 Å². The molecule has 1 aliphatic carbocycles. The summed E-state index contributed by atoms with van der Waals surface area (Å²) in [5.41, 5.74) is 6.04. The lowest BCUT2D eigenvalue weighted by molar-refractivity contribution is 0.897. The van der Waals surface area contributed by atoms with Crippen molar-refractivity contribution in [3.63, 3.8) is 0 Å². The lowest BCUT2D eigenvalue weighted by Gasteiger charge is -2.06. The first-order chi connectivity index (χ1) is 8.78. The number of pyridine rings is 1. The molecule has 18 heavy (non-hydrogen) atoms. The predicted octanol–water partition coefficient (Wildman–Crippen LogP) is 3.43. The minimum atomic E-state index is 0.911. The molecule has 3 nitrogen and oxygen atoms in total. The minimum absolute atomic E-state index is 0.911. The fraction of sp³-hybridized carbons (Fsp3) is 0.429. The fourth-order valence-corrected chi connectivity index (χ4v) is 3.25. The minimum Gasteiger partial charge on any atom is -0.362 e. The van der Waals surface area contributed by atoms with Crippen molar-refractivity contribution >= 4 is 16.5 Å². The molecule has 0 saturated carbocycles. The van der Waals surface area contributed by atoms with Gasteiger partial charge in [-0.25, -0.2) is 4.98 Å². The number of aryl methyl sites for hydroxylation is 3. The molecule has 0 radical (unpaired) electrons. The molecule has 0 fully saturated rings. The highest BCUT2D eigenvalue weighted by molar-refractivity contribution is 7.14. The van der Waals surface area contributed by atoms with Crippen LogP contribution in [0.25, 0.3) is 11.3 Å². The van der Waals surface area contributed by atoms with Crippen LogP contribution in [0.15, 0.2) is 11.4 Å². The van der Waals surface area contributed by atoms with Crippen molar-refractivity contribution in [2.45, 2.75) is 33.1 Å². The van der Waals surface area contributed by atoms with Crippen LogP contribution in [-0.2, 0) is 12.8 Å². The maximum absolute atomic E-state index is 4.73. The fourth-order valence-electron chi connectivity index (χ4n) is 2.46. The largest absolute Gasteiger partial charge is 0.362 e. The zero-order chi connectivity index (χ0) is 12.5. The van der Waals surface area contributed by atoms with E-state index in [4.69, 9.17) is 4.98 Å². The van der Waals surface area contributed by atoms with Crippen LogP contribution in [-0.4, -0.2) is 16.5 Å². The molecule has 0 unspecified atom stereocenters. The van der Waals surface area contributed by atoms with E-state index in [1.165, 1.54) is 29.7 Å². The number of aromatic nitrogens is 2. The molecule has 0 bridgehead atoms. The van der Waals surface area contributed by atoms with Crippen molar-refractivity contribution in [2.24, 2.45) is 0 Å². The van der Waals surface area contributed by atoms with Gasteiger partial charge in [-0.3, -0.25) is 4.98 Å². The molecular weight excluding hydrogens is 242 g/mol. The Balaban J connectivity index is 2.00. The summed E-state index contributed by atoms with van der Waals surface area (Å²) in [4.78, 5) is 9.35. The molecule has 0 aromatic carbocycles. The number of nitrogens with one attached hydrogen (secondary N) is 1. The first-order valence-corrected chi connectivity index (χ1v) is 7.35. The van der Waals surface area contributed by atoms with Gasteiger partial charge in [0.2, 0.25) is 0 Å². The van der Waals surface area contributed by atoms with Gasteiger partial charge < -0.3 is 5.32 Å². The van der Waals surface area contributed by atoms with Crippen molar-refractivity contribution in [1.82, 2.24) is 9.97 Å². The zero-order valence-corrected chi connectivity index (χ0v) is 11.6. The van der Waals surface area contributed by atoms with Gasteiger partial charge in [0.05, 0.1) is 5.69 Å². The first-order valence-electron chi connectivity index (χ1n) is 6.47. The monoisotopic (exact) mass is 259 g/mol. The lowest BCUT2D eigenvalue weighted by Crippen LogP contribution is -1.97. The van der Waals surface area contributed by atoms with Gasteiger partial charge in [-0.1, -0.05) is 0 Å². The molecular formula is C14H17N3S. The molecule has 3 rings (SSSR count). The van der Waals surface area contributed by atoms with Crippen molar-refractivity contribution < 1.29 is 0 Å². The van der Waals surface area contributed by atoms with Gasteiger partial charge in [-0.15, -0.1) is 11.3 Å². The third kappa shape index (κ3) is 2.01. The molecule has 1 N–H and O–H groups in total. The Labute approximate surface area is 111 Å². The highest BCUT2D eigenvalue weighted by Gasteiger charge is 2.16. The van der Waals surface area contributed by atoms with Crippen LogP contribution >= 0.6 is 11.3 Å².